The van der Waals surface area contributed by atoms with Gasteiger partial charge in [0.2, 0.25) is 17.7 Å². The van der Waals surface area contributed by atoms with Gasteiger partial charge in [0.25, 0.3) is 0 Å². The van der Waals surface area contributed by atoms with Gasteiger partial charge in [0.1, 0.15) is 23.3 Å². The Kier molecular flexibility index (Phi) is 32.8. The van der Waals surface area contributed by atoms with Crippen LogP contribution in [-0.4, -0.2) is 144 Å². The molecule has 0 bridgehead atoms. The summed E-state index contributed by atoms with van der Waals surface area (Å²) in [7, 11) is 10.7. The Hall–Kier alpha value is -4.69. The second kappa shape index (κ2) is 36.3. The van der Waals surface area contributed by atoms with Crippen molar-refractivity contribution in [3.05, 3.63) is 89.5 Å². The lowest BCUT2D eigenvalue weighted by Gasteiger charge is -2.28. The zero-order valence-electron chi connectivity index (χ0n) is 46.1. The number of ether oxygens (including phenoxy) is 4. The Bertz CT molecular complexity index is 1870. The minimum absolute atomic E-state index is 0.0488. The van der Waals surface area contributed by atoms with Crippen LogP contribution in [0.4, 0.5) is 0 Å². The van der Waals surface area contributed by atoms with Crippen LogP contribution in [0.15, 0.2) is 72.8 Å². The van der Waals surface area contributed by atoms with E-state index >= 15 is 0 Å². The molecule has 0 radical (unpaired) electrons. The van der Waals surface area contributed by atoms with Crippen molar-refractivity contribution in [1.29, 1.82) is 0 Å². The molecule has 0 heterocycles. The van der Waals surface area contributed by atoms with Crippen LogP contribution in [0.25, 0.3) is 0 Å². The van der Waals surface area contributed by atoms with Crippen molar-refractivity contribution < 1.29 is 33.3 Å². The van der Waals surface area contributed by atoms with Gasteiger partial charge < -0.3 is 49.6 Å². The van der Waals surface area contributed by atoms with E-state index in [0.717, 1.165) is 114 Å². The number of nitrogens with one attached hydrogen (secondary N) is 3. The summed E-state index contributed by atoms with van der Waals surface area (Å²) < 4.78 is 22.8. The van der Waals surface area contributed by atoms with Gasteiger partial charge in [0.05, 0.1) is 37.5 Å². The van der Waals surface area contributed by atoms with Gasteiger partial charge in [-0.1, -0.05) is 89.8 Å². The monoisotopic (exact) mass is 977 g/mol. The quantitative estimate of drug-likeness (QED) is 0.0521. The molecule has 3 rings (SSSR count). The fourth-order valence-electron chi connectivity index (χ4n) is 7.16. The first-order chi connectivity index (χ1) is 33.3. The summed E-state index contributed by atoms with van der Waals surface area (Å²) in [6, 6.07) is 24.3. The number of likely N-dealkylation sites (N-methyl/N-ethyl adjacent to an activating group) is 3. The van der Waals surface area contributed by atoms with Crippen LogP contribution in [0.3, 0.4) is 0 Å². The molecule has 1 atom stereocenters. The molecule has 3 aromatic carbocycles. The van der Waals surface area contributed by atoms with Crippen LogP contribution in [0.2, 0.25) is 0 Å². The largest absolute Gasteiger partial charge is 0.494 e. The van der Waals surface area contributed by atoms with Gasteiger partial charge in [0.15, 0.2) is 0 Å². The van der Waals surface area contributed by atoms with Crippen molar-refractivity contribution in [2.75, 3.05) is 95.0 Å². The van der Waals surface area contributed by atoms with Gasteiger partial charge in [-0.25, -0.2) is 0 Å². The summed E-state index contributed by atoms with van der Waals surface area (Å²) in [5.74, 6) is 3.00. The molecule has 0 saturated heterocycles. The van der Waals surface area contributed by atoms with E-state index in [-0.39, 0.29) is 23.8 Å². The Morgan fingerprint density at radius 3 is 1.24 bits per heavy atom. The van der Waals surface area contributed by atoms with Gasteiger partial charge in [-0.15, -0.1) is 0 Å². The minimum atomic E-state index is -0.544. The number of hydrogen-bond donors (Lipinski definition) is 3. The molecule has 0 aliphatic rings. The molecule has 0 aromatic heterocycles. The minimum Gasteiger partial charge on any atom is -0.494 e. The zero-order valence-corrected chi connectivity index (χ0v) is 46.1. The van der Waals surface area contributed by atoms with E-state index in [0.29, 0.717) is 13.2 Å². The van der Waals surface area contributed by atoms with Crippen LogP contribution >= 0.6 is 0 Å². The summed E-state index contributed by atoms with van der Waals surface area (Å²) >= 11 is 0. The topological polar surface area (TPSA) is 134 Å². The maximum atomic E-state index is 12.2. The van der Waals surface area contributed by atoms with Crippen molar-refractivity contribution in [3.8, 4) is 17.2 Å². The molecule has 3 aromatic rings. The van der Waals surface area contributed by atoms with Gasteiger partial charge in [-0.2, -0.15) is 0 Å². The Morgan fingerprint density at radius 2 is 0.886 bits per heavy atom. The molecule has 396 valence electrons. The highest BCUT2D eigenvalue weighted by atomic mass is 16.5. The van der Waals surface area contributed by atoms with Gasteiger partial charge in [-0.05, 0) is 132 Å². The second-order valence-electron chi connectivity index (χ2n) is 19.5. The number of rotatable bonds is 32. The highest BCUT2D eigenvalue weighted by molar-refractivity contribution is 5.85. The third-order valence-electron chi connectivity index (χ3n) is 11.3. The number of hydrogen-bond acceptors (Lipinski definition) is 10. The molecular weight excluding hydrogens is 881 g/mol. The highest BCUT2D eigenvalue weighted by Gasteiger charge is 2.29. The summed E-state index contributed by atoms with van der Waals surface area (Å²) in [5, 5.41) is 9.99. The maximum Gasteiger partial charge on any atom is 0.241 e. The maximum absolute atomic E-state index is 12.2. The van der Waals surface area contributed by atoms with E-state index < -0.39 is 11.1 Å². The van der Waals surface area contributed by atoms with E-state index in [9.17, 15) is 14.4 Å². The van der Waals surface area contributed by atoms with E-state index in [2.05, 4.69) is 80.0 Å². The molecule has 1 unspecified atom stereocenters. The second-order valence-corrected chi connectivity index (χ2v) is 19.5. The summed E-state index contributed by atoms with van der Waals surface area (Å²) in [4.78, 5) is 41.2. The first-order valence-corrected chi connectivity index (χ1v) is 25.9. The fraction of sp³-hybridized carbons (Fsp3) is 0.632. The predicted octanol–water partition coefficient (Wildman–Crippen LogP) is 9.00. The molecule has 0 fully saturated rings. The highest BCUT2D eigenvalue weighted by Crippen LogP contribution is 2.17. The van der Waals surface area contributed by atoms with E-state index in [4.69, 9.17) is 18.9 Å². The Balaban J connectivity index is 0.000000526. The van der Waals surface area contributed by atoms with Crippen LogP contribution in [0.5, 0.6) is 17.2 Å². The average Bonchev–Trinajstić information content (AvgIpc) is 3.32. The van der Waals surface area contributed by atoms with Crippen LogP contribution in [-0.2, 0) is 38.4 Å². The average molecular weight is 977 g/mol. The van der Waals surface area contributed by atoms with Gasteiger partial charge >= 0.3 is 0 Å². The van der Waals surface area contributed by atoms with Crippen molar-refractivity contribution in [3.63, 3.8) is 0 Å². The number of benzene rings is 3. The molecule has 0 spiro atoms. The molecule has 13 nitrogen and oxygen atoms in total. The third kappa shape index (κ3) is 27.6. The Labute approximate surface area is 425 Å². The van der Waals surface area contributed by atoms with Crippen LogP contribution in [0, 0.1) is 0 Å². The molecule has 70 heavy (non-hydrogen) atoms. The number of amides is 3. The lowest BCUT2D eigenvalue weighted by atomic mass is 10.0. The number of carbonyl (C=O) groups excluding carboxylic acids is 3. The summed E-state index contributed by atoms with van der Waals surface area (Å²) in [5.41, 5.74) is 2.55. The summed E-state index contributed by atoms with van der Waals surface area (Å²) in [6.07, 6.45) is 11.5. The van der Waals surface area contributed by atoms with Crippen LogP contribution in [0.1, 0.15) is 123 Å². The normalized spacial score (nSPS) is 11.6. The lowest BCUT2D eigenvalue weighted by molar-refractivity contribution is -0.135. The standard InChI is InChI=1S/C20H34N2O3.C19H32N2O2.C18H30N2O2/c1-5-7-14-25-18-10-8-9-17(15-18)11-12-21-19(16-24-13-6-2)20(23)22(3)4;1-6-7-8-14-23-17-11-9-10-16(15-17)12-13-20-19(2,3)18(22)21(4)5;1-6-7-13-22-16-10-8-9-15(14-16)11-12-19-18(2,3)17(21)20(4)5/h8-10,15,19,21H,5-7,11-14,16H2,1-4H3;9-11,15,20H,6-8,12-14H2,1-5H3;8-10,14,19H,6-7,11-13H2,1-5H3. The van der Waals surface area contributed by atoms with Crippen molar-refractivity contribution in [2.45, 2.75) is 143 Å². The third-order valence-corrected chi connectivity index (χ3v) is 11.3. The molecule has 0 saturated carbocycles. The molecule has 0 aliphatic heterocycles. The summed E-state index contributed by atoms with van der Waals surface area (Å²) in [6.45, 7) is 21.8. The molecule has 0 aliphatic carbocycles. The Morgan fingerprint density at radius 1 is 0.500 bits per heavy atom. The molecular formula is C57H96N6O7. The smallest absolute Gasteiger partial charge is 0.241 e. The van der Waals surface area contributed by atoms with E-state index in [1.807, 2.05) is 64.1 Å². The first-order valence-electron chi connectivity index (χ1n) is 25.9. The fourth-order valence-corrected chi connectivity index (χ4v) is 7.16. The first kappa shape index (κ1) is 63.3. The number of nitrogens with zero attached hydrogens (tertiary/aromatic N) is 3. The molecule has 3 amide bonds. The van der Waals surface area contributed by atoms with E-state index in [1.165, 1.54) is 29.5 Å². The van der Waals surface area contributed by atoms with Gasteiger partial charge in [0, 0.05) is 62.0 Å². The lowest BCUT2D eigenvalue weighted by Crippen LogP contribution is -2.52. The van der Waals surface area contributed by atoms with Crippen molar-refractivity contribution in [1.82, 2.24) is 30.7 Å². The zero-order chi connectivity index (χ0) is 52.4. The van der Waals surface area contributed by atoms with Crippen molar-refractivity contribution >= 4 is 17.7 Å². The molecule has 3 N–H and O–H groups in total. The van der Waals surface area contributed by atoms with Crippen molar-refractivity contribution in [2.24, 2.45) is 0 Å². The number of carbonyl (C=O) groups is 3. The van der Waals surface area contributed by atoms with Crippen LogP contribution < -0.4 is 30.2 Å². The SMILES string of the molecule is CCCCCOc1cccc(CCNC(C)(C)C(=O)N(C)C)c1.CCCCOc1cccc(CCNC(C)(C)C(=O)N(C)C)c1.CCCCOc1cccc(CCNC(COCCC)C(=O)N(C)C)c1. The van der Waals surface area contributed by atoms with Gasteiger partial charge in [-0.3, -0.25) is 14.4 Å². The predicted molar refractivity (Wildman–Crippen MR) is 289 cm³/mol. The number of unbranched alkanes of at least 4 members (excludes halogenated alkanes) is 4. The molecule has 13 heteroatoms. The van der Waals surface area contributed by atoms with E-state index in [1.54, 1.807) is 57.0 Å².